The highest BCUT2D eigenvalue weighted by molar-refractivity contribution is 7.98. The van der Waals surface area contributed by atoms with Gasteiger partial charge in [0.25, 0.3) is 0 Å². The number of hydrogen-bond donors (Lipinski definition) is 1. The second-order valence-electron chi connectivity index (χ2n) is 1.94. The third kappa shape index (κ3) is 1.95. The number of rotatable bonds is 1. The van der Waals surface area contributed by atoms with Crippen LogP contribution in [0.1, 0.15) is 0 Å². The van der Waals surface area contributed by atoms with Gasteiger partial charge in [0.05, 0.1) is 10.0 Å². The maximum absolute atomic E-state index is 9.15. The molecule has 11 heavy (non-hydrogen) atoms. The smallest absolute Gasteiger partial charge is 0.152 e. The Labute approximate surface area is 79.3 Å². The molecule has 0 saturated heterocycles. The molecule has 0 atom stereocenters. The molecule has 1 N–H and O–H groups in total. The third-order valence-corrected chi connectivity index (χ3v) is 2.51. The van der Waals surface area contributed by atoms with Crippen LogP contribution >= 0.6 is 35.0 Å². The summed E-state index contributed by atoms with van der Waals surface area (Å²) in [5.74, 6) is -0.0499. The van der Waals surface area contributed by atoms with Crippen LogP contribution in [0.4, 0.5) is 0 Å². The minimum absolute atomic E-state index is 0.0499. The number of benzene rings is 1. The van der Waals surface area contributed by atoms with Crippen LogP contribution < -0.4 is 0 Å². The summed E-state index contributed by atoms with van der Waals surface area (Å²) in [6.07, 6.45) is 1.92. The highest BCUT2D eigenvalue weighted by Gasteiger charge is 2.04. The molecule has 0 spiro atoms. The molecule has 0 aliphatic rings. The van der Waals surface area contributed by atoms with Gasteiger partial charge in [-0.3, -0.25) is 0 Å². The Morgan fingerprint density at radius 1 is 1.27 bits per heavy atom. The van der Waals surface area contributed by atoms with Crippen molar-refractivity contribution in [2.24, 2.45) is 0 Å². The maximum atomic E-state index is 9.15. The first kappa shape index (κ1) is 9.04. The Morgan fingerprint density at radius 3 is 2.09 bits per heavy atom. The largest absolute Gasteiger partial charge is 0.505 e. The first-order valence-corrected chi connectivity index (χ1v) is 4.85. The fourth-order valence-electron chi connectivity index (χ4n) is 0.660. The second-order valence-corrected chi connectivity index (χ2v) is 3.63. The van der Waals surface area contributed by atoms with E-state index >= 15 is 0 Å². The molecule has 1 rings (SSSR count). The van der Waals surface area contributed by atoms with Crippen LogP contribution in [-0.4, -0.2) is 11.4 Å². The summed E-state index contributed by atoms with van der Waals surface area (Å²) in [5, 5.41) is 9.74. The van der Waals surface area contributed by atoms with Crippen molar-refractivity contribution in [3.8, 4) is 5.75 Å². The number of hydrogen-bond acceptors (Lipinski definition) is 2. The number of thioether (sulfide) groups is 1. The van der Waals surface area contributed by atoms with E-state index in [1.54, 1.807) is 12.1 Å². The van der Waals surface area contributed by atoms with Gasteiger partial charge in [-0.15, -0.1) is 11.8 Å². The van der Waals surface area contributed by atoms with Gasteiger partial charge in [-0.25, -0.2) is 0 Å². The van der Waals surface area contributed by atoms with Crippen LogP contribution in [0.3, 0.4) is 0 Å². The number of halogens is 2. The van der Waals surface area contributed by atoms with Gasteiger partial charge < -0.3 is 5.11 Å². The second kappa shape index (κ2) is 3.57. The van der Waals surface area contributed by atoms with Crippen LogP contribution in [0.15, 0.2) is 17.0 Å². The van der Waals surface area contributed by atoms with Gasteiger partial charge in [0.1, 0.15) is 0 Å². The zero-order valence-electron chi connectivity index (χ0n) is 5.77. The van der Waals surface area contributed by atoms with Crippen LogP contribution in [0, 0.1) is 0 Å². The molecule has 0 fully saturated rings. The molecular weight excluding hydrogens is 203 g/mol. The van der Waals surface area contributed by atoms with Gasteiger partial charge in [0.15, 0.2) is 5.75 Å². The lowest BCUT2D eigenvalue weighted by atomic mass is 10.3. The summed E-state index contributed by atoms with van der Waals surface area (Å²) < 4.78 is 0. The van der Waals surface area contributed by atoms with E-state index in [-0.39, 0.29) is 5.75 Å². The maximum Gasteiger partial charge on any atom is 0.152 e. The van der Waals surface area contributed by atoms with Gasteiger partial charge in [-0.05, 0) is 18.4 Å². The van der Waals surface area contributed by atoms with E-state index in [4.69, 9.17) is 28.3 Å². The van der Waals surface area contributed by atoms with Crippen molar-refractivity contribution < 1.29 is 5.11 Å². The van der Waals surface area contributed by atoms with Gasteiger partial charge in [0.2, 0.25) is 0 Å². The predicted octanol–water partition coefficient (Wildman–Crippen LogP) is 3.42. The molecule has 4 heteroatoms. The Morgan fingerprint density at radius 2 is 1.73 bits per heavy atom. The van der Waals surface area contributed by atoms with Crippen molar-refractivity contribution in [2.45, 2.75) is 4.90 Å². The minimum atomic E-state index is -0.0499. The highest BCUT2D eigenvalue weighted by Crippen LogP contribution is 2.35. The molecule has 0 bridgehead atoms. The first-order valence-electron chi connectivity index (χ1n) is 2.87. The van der Waals surface area contributed by atoms with Gasteiger partial charge in [-0.2, -0.15) is 0 Å². The third-order valence-electron chi connectivity index (χ3n) is 1.23. The normalized spacial score (nSPS) is 10.1. The summed E-state index contributed by atoms with van der Waals surface area (Å²) in [5.41, 5.74) is 0. The van der Waals surface area contributed by atoms with Crippen molar-refractivity contribution >= 4 is 35.0 Å². The van der Waals surface area contributed by atoms with Crippen molar-refractivity contribution in [3.63, 3.8) is 0 Å². The molecule has 0 aliphatic heterocycles. The molecule has 0 unspecified atom stereocenters. The van der Waals surface area contributed by atoms with E-state index in [9.17, 15) is 0 Å². The Hall–Kier alpha value is -0.0500. The van der Waals surface area contributed by atoms with Crippen LogP contribution in [0.5, 0.6) is 5.75 Å². The Balaban J connectivity index is 3.21. The molecule has 1 nitrogen and oxygen atoms in total. The standard InChI is InChI=1S/C7H6Cl2OS/c1-11-4-2-5(8)7(10)6(9)3-4/h2-3,10H,1H3. The lowest BCUT2D eigenvalue weighted by molar-refractivity contribution is 0.475. The molecule has 0 amide bonds. The monoisotopic (exact) mass is 208 g/mol. The highest BCUT2D eigenvalue weighted by atomic mass is 35.5. The average Bonchev–Trinajstić information content (AvgIpc) is 1.99. The van der Waals surface area contributed by atoms with Gasteiger partial charge >= 0.3 is 0 Å². The fourth-order valence-corrected chi connectivity index (χ4v) is 1.75. The molecule has 0 saturated carbocycles. The first-order chi connectivity index (χ1) is 5.15. The van der Waals surface area contributed by atoms with Crippen LogP contribution in [0.25, 0.3) is 0 Å². The van der Waals surface area contributed by atoms with Gasteiger partial charge in [-0.1, -0.05) is 23.2 Å². The summed E-state index contributed by atoms with van der Waals surface area (Å²) in [6.45, 7) is 0. The fraction of sp³-hybridized carbons (Fsp3) is 0.143. The zero-order valence-corrected chi connectivity index (χ0v) is 8.09. The predicted molar refractivity (Wildman–Crippen MR) is 49.9 cm³/mol. The van der Waals surface area contributed by atoms with E-state index in [1.165, 1.54) is 11.8 Å². The lowest BCUT2D eigenvalue weighted by Crippen LogP contribution is -1.74. The molecule has 1 aromatic rings. The number of phenolic OH excluding ortho intramolecular Hbond substituents is 1. The Bertz CT molecular complexity index is 252. The van der Waals surface area contributed by atoms with Crippen molar-refractivity contribution in [1.29, 1.82) is 0 Å². The van der Waals surface area contributed by atoms with E-state index in [1.807, 2.05) is 6.26 Å². The van der Waals surface area contributed by atoms with E-state index in [2.05, 4.69) is 0 Å². The number of phenols is 1. The van der Waals surface area contributed by atoms with Crippen molar-refractivity contribution in [3.05, 3.63) is 22.2 Å². The van der Waals surface area contributed by atoms with E-state index in [0.717, 1.165) is 4.90 Å². The topological polar surface area (TPSA) is 20.2 Å². The molecule has 0 aliphatic carbocycles. The quantitative estimate of drug-likeness (QED) is 0.715. The summed E-state index contributed by atoms with van der Waals surface area (Å²) in [6, 6.07) is 3.35. The van der Waals surface area contributed by atoms with E-state index < -0.39 is 0 Å². The van der Waals surface area contributed by atoms with Gasteiger partial charge in [0, 0.05) is 4.90 Å². The van der Waals surface area contributed by atoms with E-state index in [0.29, 0.717) is 10.0 Å². The molecule has 0 aromatic heterocycles. The molecule has 60 valence electrons. The van der Waals surface area contributed by atoms with Crippen LogP contribution in [0.2, 0.25) is 10.0 Å². The summed E-state index contributed by atoms with van der Waals surface area (Å²) in [7, 11) is 0. The number of aromatic hydroxyl groups is 1. The van der Waals surface area contributed by atoms with Crippen molar-refractivity contribution in [2.75, 3.05) is 6.26 Å². The summed E-state index contributed by atoms with van der Waals surface area (Å²) in [4.78, 5) is 0.942. The SMILES string of the molecule is CSc1cc(Cl)c(O)c(Cl)c1. The molecular formula is C7H6Cl2OS. The molecule has 0 heterocycles. The molecule has 0 radical (unpaired) electrons. The molecule has 1 aromatic carbocycles. The Kier molecular flexibility index (Phi) is 2.93. The lowest BCUT2D eigenvalue weighted by Gasteiger charge is -2.01. The minimum Gasteiger partial charge on any atom is -0.505 e. The zero-order chi connectivity index (χ0) is 8.43. The van der Waals surface area contributed by atoms with Crippen LogP contribution in [-0.2, 0) is 0 Å². The average molecular weight is 209 g/mol. The summed E-state index contributed by atoms with van der Waals surface area (Å²) >= 11 is 12.8. The van der Waals surface area contributed by atoms with Crippen molar-refractivity contribution in [1.82, 2.24) is 0 Å².